The molecule has 0 aromatic carbocycles. The van der Waals surface area contributed by atoms with E-state index in [0.29, 0.717) is 38.4 Å². The van der Waals surface area contributed by atoms with Crippen LogP contribution in [0.25, 0.3) is 0 Å². The van der Waals surface area contributed by atoms with Gasteiger partial charge in [0.05, 0.1) is 5.92 Å². The third kappa shape index (κ3) is 3.32. The molecule has 0 saturated carbocycles. The molecule has 0 unspecified atom stereocenters. The monoisotopic (exact) mass is 338 g/mol. The summed E-state index contributed by atoms with van der Waals surface area (Å²) in [5.41, 5.74) is 5.33. The average Bonchev–Trinajstić information content (AvgIpc) is 3.06. The molecule has 1 aromatic rings. The number of rotatable bonds is 4. The first-order valence-corrected chi connectivity index (χ1v) is 9.43. The molecule has 1 aromatic heterocycles. The summed E-state index contributed by atoms with van der Waals surface area (Å²) in [6.07, 6.45) is 5.03. The number of hydrogen-bond acceptors (Lipinski definition) is 5. The number of anilines is 1. The lowest BCUT2D eigenvalue weighted by molar-refractivity contribution is -0.121. The first-order chi connectivity index (χ1) is 11.0. The van der Waals surface area contributed by atoms with Gasteiger partial charge in [-0.1, -0.05) is 6.42 Å². The Morgan fingerprint density at radius 3 is 2.48 bits per heavy atom. The molecule has 2 fully saturated rings. The molecule has 2 aliphatic heterocycles. The van der Waals surface area contributed by atoms with Crippen molar-refractivity contribution in [1.82, 2.24) is 9.29 Å². The molecule has 3 rings (SSSR count). The Morgan fingerprint density at radius 2 is 1.91 bits per heavy atom. The van der Waals surface area contributed by atoms with Crippen LogP contribution in [0.5, 0.6) is 0 Å². The summed E-state index contributed by atoms with van der Waals surface area (Å²) < 4.78 is 26.7. The lowest BCUT2D eigenvalue weighted by Gasteiger charge is -2.26. The van der Waals surface area contributed by atoms with Crippen molar-refractivity contribution in [1.29, 1.82) is 0 Å². The van der Waals surface area contributed by atoms with Gasteiger partial charge in [0, 0.05) is 32.4 Å². The zero-order chi connectivity index (χ0) is 16.4. The number of piperidine rings is 1. The van der Waals surface area contributed by atoms with Crippen LogP contribution in [0.3, 0.4) is 0 Å². The standard InChI is InChI=1S/C15H22N4O3S/c16-15(20)12-6-9-18(11-12)14-5-4-13(10-17-14)23(21,22)19-7-2-1-3-8-19/h4-5,10,12H,1-3,6-9,11H2,(H2,16,20)/t12-/m0/s1. The van der Waals surface area contributed by atoms with Crippen LogP contribution < -0.4 is 10.6 Å². The van der Waals surface area contributed by atoms with Crippen molar-refractivity contribution in [3.8, 4) is 0 Å². The summed E-state index contributed by atoms with van der Waals surface area (Å²) >= 11 is 0. The zero-order valence-electron chi connectivity index (χ0n) is 13.0. The molecule has 0 bridgehead atoms. The Kier molecular flexibility index (Phi) is 4.54. The summed E-state index contributed by atoms with van der Waals surface area (Å²) in [4.78, 5) is 17.7. The fourth-order valence-electron chi connectivity index (χ4n) is 3.17. The number of nitrogens with zero attached hydrogens (tertiary/aromatic N) is 3. The van der Waals surface area contributed by atoms with Gasteiger partial charge in [0.15, 0.2) is 0 Å². The molecular formula is C15H22N4O3S. The number of hydrogen-bond donors (Lipinski definition) is 1. The van der Waals surface area contributed by atoms with Gasteiger partial charge in [-0.15, -0.1) is 0 Å². The SMILES string of the molecule is NC(=O)[C@H]1CCN(c2ccc(S(=O)(=O)N3CCCCC3)cn2)C1. The van der Waals surface area contributed by atoms with Crippen molar-refractivity contribution in [2.75, 3.05) is 31.1 Å². The highest BCUT2D eigenvalue weighted by molar-refractivity contribution is 7.89. The minimum absolute atomic E-state index is 0.159. The molecule has 8 heteroatoms. The number of primary amides is 1. The first kappa shape index (κ1) is 16.2. The van der Waals surface area contributed by atoms with E-state index >= 15 is 0 Å². The maximum absolute atomic E-state index is 12.6. The van der Waals surface area contributed by atoms with Crippen molar-refractivity contribution in [2.45, 2.75) is 30.6 Å². The molecule has 2 N–H and O–H groups in total. The summed E-state index contributed by atoms with van der Waals surface area (Å²) in [6.45, 7) is 2.41. The summed E-state index contributed by atoms with van der Waals surface area (Å²) in [5, 5.41) is 0. The molecule has 126 valence electrons. The maximum atomic E-state index is 12.6. The molecule has 23 heavy (non-hydrogen) atoms. The van der Waals surface area contributed by atoms with Gasteiger partial charge >= 0.3 is 0 Å². The van der Waals surface area contributed by atoms with Gasteiger partial charge in [0.1, 0.15) is 10.7 Å². The lowest BCUT2D eigenvalue weighted by atomic mass is 10.1. The van der Waals surface area contributed by atoms with E-state index in [1.54, 1.807) is 12.1 Å². The molecule has 7 nitrogen and oxygen atoms in total. The van der Waals surface area contributed by atoms with Gasteiger partial charge in [-0.25, -0.2) is 13.4 Å². The van der Waals surface area contributed by atoms with E-state index in [0.717, 1.165) is 19.3 Å². The van der Waals surface area contributed by atoms with E-state index in [2.05, 4.69) is 4.98 Å². The van der Waals surface area contributed by atoms with E-state index in [9.17, 15) is 13.2 Å². The normalized spacial score (nSPS) is 23.1. The summed E-state index contributed by atoms with van der Waals surface area (Å²) in [7, 11) is -3.45. The molecule has 0 radical (unpaired) electrons. The minimum Gasteiger partial charge on any atom is -0.369 e. The van der Waals surface area contributed by atoms with Gasteiger partial charge in [-0.3, -0.25) is 4.79 Å². The Hall–Kier alpha value is -1.67. The second-order valence-corrected chi connectivity index (χ2v) is 8.09. The van der Waals surface area contributed by atoms with E-state index in [1.165, 1.54) is 10.5 Å². The number of pyridine rings is 1. The van der Waals surface area contributed by atoms with Crippen LogP contribution in [0, 0.1) is 5.92 Å². The Bertz CT molecular complexity index is 668. The van der Waals surface area contributed by atoms with Crippen molar-refractivity contribution in [3.05, 3.63) is 18.3 Å². The molecular weight excluding hydrogens is 316 g/mol. The number of amides is 1. The third-order valence-corrected chi connectivity index (χ3v) is 6.47. The molecule has 3 heterocycles. The van der Waals surface area contributed by atoms with Crippen LogP contribution in [-0.2, 0) is 14.8 Å². The van der Waals surface area contributed by atoms with Crippen molar-refractivity contribution < 1.29 is 13.2 Å². The average molecular weight is 338 g/mol. The maximum Gasteiger partial charge on any atom is 0.244 e. The van der Waals surface area contributed by atoms with E-state index < -0.39 is 10.0 Å². The molecule has 0 spiro atoms. The summed E-state index contributed by atoms with van der Waals surface area (Å²) in [5.74, 6) is 0.233. The lowest BCUT2D eigenvalue weighted by Crippen LogP contribution is -2.35. The van der Waals surface area contributed by atoms with Crippen LogP contribution in [0.1, 0.15) is 25.7 Å². The largest absolute Gasteiger partial charge is 0.369 e. The highest BCUT2D eigenvalue weighted by Crippen LogP contribution is 2.24. The van der Waals surface area contributed by atoms with Gasteiger partial charge in [-0.05, 0) is 31.4 Å². The molecule has 2 aliphatic rings. The number of carbonyl (C=O) groups excluding carboxylic acids is 1. The Balaban J connectivity index is 1.73. The van der Waals surface area contributed by atoms with Crippen LogP contribution in [0.4, 0.5) is 5.82 Å². The van der Waals surface area contributed by atoms with E-state index in [4.69, 9.17) is 5.73 Å². The highest BCUT2D eigenvalue weighted by atomic mass is 32.2. The van der Waals surface area contributed by atoms with Crippen LogP contribution >= 0.6 is 0 Å². The van der Waals surface area contributed by atoms with Crippen molar-refractivity contribution >= 4 is 21.7 Å². The van der Waals surface area contributed by atoms with Gasteiger partial charge in [-0.2, -0.15) is 4.31 Å². The predicted octanol–water partition coefficient (Wildman–Crippen LogP) is 0.568. The second-order valence-electron chi connectivity index (χ2n) is 6.15. The Labute approximate surface area is 136 Å². The topological polar surface area (TPSA) is 96.6 Å². The minimum atomic E-state index is -3.45. The second kappa shape index (κ2) is 6.45. The van der Waals surface area contributed by atoms with E-state index in [1.807, 2.05) is 4.90 Å². The van der Waals surface area contributed by atoms with Gasteiger partial charge < -0.3 is 10.6 Å². The zero-order valence-corrected chi connectivity index (χ0v) is 13.8. The smallest absolute Gasteiger partial charge is 0.244 e. The number of aromatic nitrogens is 1. The number of nitrogens with two attached hydrogens (primary N) is 1. The van der Waals surface area contributed by atoms with Crippen LogP contribution in [0.15, 0.2) is 23.2 Å². The van der Waals surface area contributed by atoms with Crippen molar-refractivity contribution in [2.24, 2.45) is 11.7 Å². The Morgan fingerprint density at radius 1 is 1.17 bits per heavy atom. The third-order valence-electron chi connectivity index (χ3n) is 4.59. The van der Waals surface area contributed by atoms with Crippen LogP contribution in [0.2, 0.25) is 0 Å². The first-order valence-electron chi connectivity index (χ1n) is 7.99. The molecule has 2 saturated heterocycles. The summed E-state index contributed by atoms with van der Waals surface area (Å²) in [6, 6.07) is 3.31. The highest BCUT2D eigenvalue weighted by Gasteiger charge is 2.29. The fraction of sp³-hybridized carbons (Fsp3) is 0.600. The number of carbonyl (C=O) groups is 1. The van der Waals surface area contributed by atoms with Crippen molar-refractivity contribution in [3.63, 3.8) is 0 Å². The van der Waals surface area contributed by atoms with Gasteiger partial charge in [0.2, 0.25) is 15.9 Å². The molecule has 1 amide bonds. The van der Waals surface area contributed by atoms with Crippen LogP contribution in [-0.4, -0.2) is 49.8 Å². The predicted molar refractivity (Wildman–Crippen MR) is 86.4 cm³/mol. The molecule has 0 aliphatic carbocycles. The fourth-order valence-corrected chi connectivity index (χ4v) is 4.63. The van der Waals surface area contributed by atoms with Gasteiger partial charge in [0.25, 0.3) is 0 Å². The quantitative estimate of drug-likeness (QED) is 0.865. The molecule has 1 atom stereocenters. The van der Waals surface area contributed by atoms with E-state index in [-0.39, 0.29) is 16.7 Å². The number of sulfonamides is 1.